The minimum atomic E-state index is 0.493. The van der Waals surface area contributed by atoms with Crippen LogP contribution < -0.4 is 14.2 Å². The Hall–Kier alpha value is -6.52. The zero-order valence-corrected chi connectivity index (χ0v) is 28.7. The Bertz CT molecular complexity index is 1750. The second-order valence-corrected chi connectivity index (χ2v) is 11.5. The SMILES string of the molecule is c1ccc(N=Nc2ccc(OCCN(CCOc3ccc(N=Nc4ccccc4)cc3)CCOc3ccc(N=Nc4ccccc4)cc3)cc2)cc1. The molecule has 0 spiro atoms. The normalized spacial score (nSPS) is 11.5. The van der Waals surface area contributed by atoms with Crippen LogP contribution in [-0.4, -0.2) is 44.4 Å². The van der Waals surface area contributed by atoms with Crippen molar-refractivity contribution in [1.29, 1.82) is 0 Å². The fourth-order valence-corrected chi connectivity index (χ4v) is 4.87. The van der Waals surface area contributed by atoms with Gasteiger partial charge in [0.05, 0.1) is 34.1 Å². The molecule has 6 aromatic rings. The quantitative estimate of drug-likeness (QED) is 0.0837. The van der Waals surface area contributed by atoms with Crippen LogP contribution in [0.3, 0.4) is 0 Å². The first kappa shape index (κ1) is 35.3. The smallest absolute Gasteiger partial charge is 0.119 e. The lowest BCUT2D eigenvalue weighted by Gasteiger charge is -2.22. The highest BCUT2D eigenvalue weighted by atomic mass is 16.5. The van der Waals surface area contributed by atoms with Crippen molar-refractivity contribution in [3.63, 3.8) is 0 Å². The summed E-state index contributed by atoms with van der Waals surface area (Å²) in [4.78, 5) is 2.26. The van der Waals surface area contributed by atoms with Gasteiger partial charge in [-0.25, -0.2) is 0 Å². The molecule has 0 aliphatic rings. The molecule has 0 unspecified atom stereocenters. The predicted molar refractivity (Wildman–Crippen MR) is 204 cm³/mol. The van der Waals surface area contributed by atoms with Crippen LogP contribution >= 0.6 is 0 Å². The molecular weight excluding hydrogens is 651 g/mol. The van der Waals surface area contributed by atoms with Crippen molar-refractivity contribution >= 4 is 34.1 Å². The van der Waals surface area contributed by atoms with Gasteiger partial charge in [-0.1, -0.05) is 54.6 Å². The molecule has 0 heterocycles. The minimum absolute atomic E-state index is 0.493. The lowest BCUT2D eigenvalue weighted by Crippen LogP contribution is -2.35. The van der Waals surface area contributed by atoms with Crippen LogP contribution in [0.5, 0.6) is 17.2 Å². The Kier molecular flexibility index (Phi) is 13.3. The van der Waals surface area contributed by atoms with Crippen molar-refractivity contribution < 1.29 is 14.2 Å². The highest BCUT2D eigenvalue weighted by molar-refractivity contribution is 5.45. The minimum Gasteiger partial charge on any atom is -0.492 e. The predicted octanol–water partition coefficient (Wildman–Crippen LogP) is 11.8. The second kappa shape index (κ2) is 19.6. The fraction of sp³-hybridized carbons (Fsp3) is 0.143. The average molecular weight is 690 g/mol. The molecule has 10 heteroatoms. The Morgan fingerprint density at radius 3 is 0.769 bits per heavy atom. The van der Waals surface area contributed by atoms with E-state index in [4.69, 9.17) is 14.2 Å². The van der Waals surface area contributed by atoms with Gasteiger partial charge in [0, 0.05) is 19.6 Å². The highest BCUT2D eigenvalue weighted by Crippen LogP contribution is 2.24. The first-order chi connectivity index (χ1) is 25.7. The standard InChI is InChI=1S/C42H39N7O3/c1-4-10-34(11-5-1)43-46-37-16-22-40(23-17-37)50-31-28-49(29-32-51-41-24-18-38(19-25-41)47-44-35-12-6-2-7-13-35)30-33-52-42-26-20-39(21-27-42)48-45-36-14-8-3-9-15-36/h1-27H,28-33H2. The molecule has 0 aliphatic heterocycles. The zero-order valence-electron chi connectivity index (χ0n) is 28.7. The third kappa shape index (κ3) is 12.1. The number of nitrogens with zero attached hydrogens (tertiary/aromatic N) is 7. The van der Waals surface area contributed by atoms with E-state index >= 15 is 0 Å². The Morgan fingerprint density at radius 1 is 0.288 bits per heavy atom. The molecule has 0 amide bonds. The molecule has 260 valence electrons. The Morgan fingerprint density at radius 2 is 0.519 bits per heavy atom. The van der Waals surface area contributed by atoms with Crippen LogP contribution in [0, 0.1) is 0 Å². The molecule has 0 N–H and O–H groups in total. The number of ether oxygens (including phenoxy) is 3. The molecule has 0 aromatic heterocycles. The molecule has 0 atom stereocenters. The monoisotopic (exact) mass is 689 g/mol. The summed E-state index contributed by atoms with van der Waals surface area (Å²) in [6, 6.07) is 51.7. The summed E-state index contributed by atoms with van der Waals surface area (Å²) >= 11 is 0. The van der Waals surface area contributed by atoms with Crippen LogP contribution in [0.4, 0.5) is 34.1 Å². The summed E-state index contributed by atoms with van der Waals surface area (Å²) in [5.41, 5.74) is 4.69. The molecule has 10 nitrogen and oxygen atoms in total. The van der Waals surface area contributed by atoms with Gasteiger partial charge in [0.1, 0.15) is 37.1 Å². The Labute approximate surface area is 303 Å². The fourth-order valence-electron chi connectivity index (χ4n) is 4.87. The van der Waals surface area contributed by atoms with Crippen LogP contribution in [0.15, 0.2) is 194 Å². The molecule has 0 saturated carbocycles. The Balaban J connectivity index is 0.993. The first-order valence-corrected chi connectivity index (χ1v) is 17.1. The van der Waals surface area contributed by atoms with E-state index in [-0.39, 0.29) is 0 Å². The van der Waals surface area contributed by atoms with Gasteiger partial charge in [-0.3, -0.25) is 4.90 Å². The van der Waals surface area contributed by atoms with Crippen LogP contribution in [-0.2, 0) is 0 Å². The van der Waals surface area contributed by atoms with E-state index in [9.17, 15) is 0 Å². The third-order valence-electron chi connectivity index (χ3n) is 7.65. The summed E-state index contributed by atoms with van der Waals surface area (Å²) in [7, 11) is 0. The molecule has 6 rings (SSSR count). The van der Waals surface area contributed by atoms with Crippen molar-refractivity contribution in [2.24, 2.45) is 30.7 Å². The van der Waals surface area contributed by atoms with E-state index in [0.717, 1.165) is 51.4 Å². The summed E-state index contributed by atoms with van der Waals surface area (Å²) in [6.45, 7) is 3.52. The van der Waals surface area contributed by atoms with Crippen molar-refractivity contribution in [3.05, 3.63) is 164 Å². The molecule has 0 bridgehead atoms. The number of hydrogen-bond acceptors (Lipinski definition) is 10. The molecular formula is C42H39N7O3. The van der Waals surface area contributed by atoms with Gasteiger partial charge in [0.2, 0.25) is 0 Å². The molecule has 0 saturated heterocycles. The van der Waals surface area contributed by atoms with Crippen LogP contribution in [0.25, 0.3) is 0 Å². The summed E-state index contributed by atoms with van der Waals surface area (Å²) in [5.74, 6) is 2.29. The molecule has 6 aromatic carbocycles. The largest absolute Gasteiger partial charge is 0.492 e. The van der Waals surface area contributed by atoms with E-state index in [2.05, 4.69) is 35.6 Å². The molecule has 52 heavy (non-hydrogen) atoms. The van der Waals surface area contributed by atoms with Gasteiger partial charge in [-0.15, -0.1) is 0 Å². The highest BCUT2D eigenvalue weighted by Gasteiger charge is 2.08. The van der Waals surface area contributed by atoms with E-state index in [1.54, 1.807) is 0 Å². The molecule has 0 aliphatic carbocycles. The number of rotatable bonds is 18. The summed E-state index contributed by atoms with van der Waals surface area (Å²) in [6.07, 6.45) is 0. The maximum absolute atomic E-state index is 6.09. The van der Waals surface area contributed by atoms with Crippen LogP contribution in [0.1, 0.15) is 0 Å². The van der Waals surface area contributed by atoms with Crippen molar-refractivity contribution in [2.45, 2.75) is 0 Å². The van der Waals surface area contributed by atoms with Gasteiger partial charge in [-0.2, -0.15) is 30.7 Å². The van der Waals surface area contributed by atoms with Crippen LogP contribution in [0.2, 0.25) is 0 Å². The van der Waals surface area contributed by atoms with E-state index in [1.807, 2.05) is 164 Å². The van der Waals surface area contributed by atoms with Gasteiger partial charge < -0.3 is 14.2 Å². The van der Waals surface area contributed by atoms with E-state index in [0.29, 0.717) is 39.5 Å². The lowest BCUT2D eigenvalue weighted by molar-refractivity contribution is 0.153. The van der Waals surface area contributed by atoms with Gasteiger partial charge in [0.25, 0.3) is 0 Å². The number of azo groups is 3. The van der Waals surface area contributed by atoms with E-state index < -0.39 is 0 Å². The third-order valence-corrected chi connectivity index (χ3v) is 7.65. The topological polar surface area (TPSA) is 105 Å². The lowest BCUT2D eigenvalue weighted by atomic mass is 10.3. The van der Waals surface area contributed by atoms with Gasteiger partial charge >= 0.3 is 0 Å². The number of benzene rings is 6. The number of hydrogen-bond donors (Lipinski definition) is 0. The van der Waals surface area contributed by atoms with Crippen molar-refractivity contribution in [3.8, 4) is 17.2 Å². The maximum Gasteiger partial charge on any atom is 0.119 e. The van der Waals surface area contributed by atoms with E-state index in [1.165, 1.54) is 0 Å². The van der Waals surface area contributed by atoms with Gasteiger partial charge in [0.15, 0.2) is 0 Å². The zero-order chi connectivity index (χ0) is 35.5. The summed E-state index contributed by atoms with van der Waals surface area (Å²) in [5, 5.41) is 25.8. The molecule has 0 radical (unpaired) electrons. The summed E-state index contributed by atoms with van der Waals surface area (Å²) < 4.78 is 18.3. The average Bonchev–Trinajstić information content (AvgIpc) is 3.21. The molecule has 0 fully saturated rings. The first-order valence-electron chi connectivity index (χ1n) is 17.1. The van der Waals surface area contributed by atoms with Crippen molar-refractivity contribution in [1.82, 2.24) is 4.90 Å². The maximum atomic E-state index is 6.09. The van der Waals surface area contributed by atoms with Crippen molar-refractivity contribution in [2.75, 3.05) is 39.5 Å². The van der Waals surface area contributed by atoms with Gasteiger partial charge in [-0.05, 0) is 109 Å². The second-order valence-electron chi connectivity index (χ2n) is 11.5.